The standard InChI is InChI=1S/C25H34N4O3.HI/c1-26-25(28-17-21-11-12-23(31-2)22(15-21)24(30)32-3)27-16-19-7-9-20(10-8-19)18-29-13-5-4-6-14-29;/h7-12,15H,4-6,13-14,16-18H2,1-3H3,(H2,26,27,28);1H. The zero-order valence-electron chi connectivity index (χ0n) is 19.7. The molecule has 8 heteroatoms. The summed E-state index contributed by atoms with van der Waals surface area (Å²) in [7, 11) is 4.63. The predicted molar refractivity (Wildman–Crippen MR) is 142 cm³/mol. The van der Waals surface area contributed by atoms with Crippen LogP contribution in [0.15, 0.2) is 47.5 Å². The number of nitrogens with zero attached hydrogens (tertiary/aromatic N) is 2. The molecule has 1 fully saturated rings. The summed E-state index contributed by atoms with van der Waals surface area (Å²) < 4.78 is 10.1. The molecule has 33 heavy (non-hydrogen) atoms. The Morgan fingerprint density at radius 3 is 2.15 bits per heavy atom. The number of hydrogen-bond acceptors (Lipinski definition) is 5. The molecule has 0 unspecified atom stereocenters. The molecule has 1 aliphatic heterocycles. The molecule has 0 bridgehead atoms. The normalized spacial score (nSPS) is 14.2. The number of esters is 1. The summed E-state index contributed by atoms with van der Waals surface area (Å²) in [5, 5.41) is 6.62. The summed E-state index contributed by atoms with van der Waals surface area (Å²) in [6.45, 7) is 4.65. The Bertz CT molecular complexity index is 912. The Morgan fingerprint density at radius 1 is 0.939 bits per heavy atom. The topological polar surface area (TPSA) is 75.2 Å². The summed E-state index contributed by atoms with van der Waals surface area (Å²) in [4.78, 5) is 18.8. The summed E-state index contributed by atoms with van der Waals surface area (Å²) in [5.74, 6) is 0.764. The number of methoxy groups -OCH3 is 2. The molecule has 0 aromatic heterocycles. The first-order chi connectivity index (χ1) is 15.6. The first-order valence-corrected chi connectivity index (χ1v) is 11.1. The maximum Gasteiger partial charge on any atom is 0.341 e. The largest absolute Gasteiger partial charge is 0.496 e. The van der Waals surface area contributed by atoms with Crippen molar-refractivity contribution in [2.45, 2.75) is 38.9 Å². The van der Waals surface area contributed by atoms with E-state index in [0.717, 1.165) is 12.1 Å². The van der Waals surface area contributed by atoms with Crippen molar-refractivity contribution in [2.24, 2.45) is 4.99 Å². The van der Waals surface area contributed by atoms with Crippen LogP contribution in [0.1, 0.15) is 46.3 Å². The first-order valence-electron chi connectivity index (χ1n) is 11.1. The van der Waals surface area contributed by atoms with Crippen LogP contribution in [0.5, 0.6) is 5.75 Å². The number of rotatable bonds is 8. The van der Waals surface area contributed by atoms with E-state index in [1.165, 1.54) is 57.7 Å². The number of nitrogens with one attached hydrogen (secondary N) is 2. The molecular formula is C25H35IN4O3. The molecule has 0 amide bonds. The van der Waals surface area contributed by atoms with Crippen LogP contribution in [0.2, 0.25) is 0 Å². The Morgan fingerprint density at radius 2 is 1.55 bits per heavy atom. The molecule has 2 aromatic carbocycles. The molecule has 3 rings (SSSR count). The van der Waals surface area contributed by atoms with Gasteiger partial charge in [0.25, 0.3) is 0 Å². The second-order valence-corrected chi connectivity index (χ2v) is 7.96. The monoisotopic (exact) mass is 566 g/mol. The molecule has 7 nitrogen and oxygen atoms in total. The van der Waals surface area contributed by atoms with Crippen LogP contribution in [-0.2, 0) is 24.4 Å². The Balaban J connectivity index is 0.00000385. The number of hydrogen-bond donors (Lipinski definition) is 2. The van der Waals surface area contributed by atoms with Gasteiger partial charge in [0.2, 0.25) is 0 Å². The maximum absolute atomic E-state index is 12.0. The van der Waals surface area contributed by atoms with E-state index in [9.17, 15) is 4.79 Å². The van der Waals surface area contributed by atoms with Gasteiger partial charge in [0.15, 0.2) is 5.96 Å². The highest BCUT2D eigenvalue weighted by molar-refractivity contribution is 14.0. The number of ether oxygens (including phenoxy) is 2. The van der Waals surface area contributed by atoms with Crippen molar-refractivity contribution < 1.29 is 14.3 Å². The van der Waals surface area contributed by atoms with Gasteiger partial charge in [0, 0.05) is 26.7 Å². The third-order valence-corrected chi connectivity index (χ3v) is 5.69. The van der Waals surface area contributed by atoms with E-state index in [-0.39, 0.29) is 24.0 Å². The predicted octanol–water partition coefficient (Wildman–Crippen LogP) is 3.95. The molecule has 1 aliphatic rings. The maximum atomic E-state index is 12.0. The fourth-order valence-electron chi connectivity index (χ4n) is 3.86. The van der Waals surface area contributed by atoms with Crippen molar-refractivity contribution in [3.05, 3.63) is 64.7 Å². The zero-order valence-corrected chi connectivity index (χ0v) is 22.1. The van der Waals surface area contributed by atoms with E-state index >= 15 is 0 Å². The summed E-state index contributed by atoms with van der Waals surface area (Å²) >= 11 is 0. The van der Waals surface area contributed by atoms with E-state index < -0.39 is 5.97 Å². The number of piperidine rings is 1. The lowest BCUT2D eigenvalue weighted by Gasteiger charge is -2.26. The minimum absolute atomic E-state index is 0. The van der Waals surface area contributed by atoms with Crippen molar-refractivity contribution in [3.8, 4) is 5.75 Å². The van der Waals surface area contributed by atoms with Crippen molar-refractivity contribution >= 4 is 35.9 Å². The average Bonchev–Trinajstić information content (AvgIpc) is 2.85. The van der Waals surface area contributed by atoms with Gasteiger partial charge in [-0.05, 0) is 54.8 Å². The van der Waals surface area contributed by atoms with Crippen LogP contribution in [0.3, 0.4) is 0 Å². The van der Waals surface area contributed by atoms with Gasteiger partial charge in [-0.2, -0.15) is 0 Å². The molecule has 0 atom stereocenters. The fourth-order valence-corrected chi connectivity index (χ4v) is 3.86. The van der Waals surface area contributed by atoms with Gasteiger partial charge >= 0.3 is 5.97 Å². The van der Waals surface area contributed by atoms with Gasteiger partial charge in [-0.25, -0.2) is 4.79 Å². The fraction of sp³-hybridized carbons (Fsp3) is 0.440. The van der Waals surface area contributed by atoms with Crippen molar-refractivity contribution in [3.63, 3.8) is 0 Å². The molecule has 180 valence electrons. The van der Waals surface area contributed by atoms with Gasteiger partial charge < -0.3 is 20.1 Å². The van der Waals surface area contributed by atoms with E-state index in [0.29, 0.717) is 30.4 Å². The zero-order chi connectivity index (χ0) is 22.8. The molecule has 1 heterocycles. The molecule has 0 saturated carbocycles. The van der Waals surface area contributed by atoms with Gasteiger partial charge in [-0.3, -0.25) is 9.89 Å². The number of carbonyl (C=O) groups excluding carboxylic acids is 1. The second-order valence-electron chi connectivity index (χ2n) is 7.96. The molecule has 1 saturated heterocycles. The number of aliphatic imine (C=N–C) groups is 1. The van der Waals surface area contributed by atoms with Crippen molar-refractivity contribution in [1.82, 2.24) is 15.5 Å². The van der Waals surface area contributed by atoms with Crippen molar-refractivity contribution in [1.29, 1.82) is 0 Å². The average molecular weight is 566 g/mol. The summed E-state index contributed by atoms with van der Waals surface area (Å²) in [6.07, 6.45) is 3.99. The van der Waals surface area contributed by atoms with E-state index in [2.05, 4.69) is 44.8 Å². The van der Waals surface area contributed by atoms with E-state index in [1.54, 1.807) is 19.2 Å². The van der Waals surface area contributed by atoms with E-state index in [4.69, 9.17) is 9.47 Å². The highest BCUT2D eigenvalue weighted by Crippen LogP contribution is 2.20. The lowest BCUT2D eigenvalue weighted by Crippen LogP contribution is -2.36. The molecule has 2 aromatic rings. The number of carbonyl (C=O) groups is 1. The van der Waals surface area contributed by atoms with Gasteiger partial charge in [0.05, 0.1) is 14.2 Å². The third-order valence-electron chi connectivity index (χ3n) is 5.69. The van der Waals surface area contributed by atoms with Gasteiger partial charge in [0.1, 0.15) is 11.3 Å². The van der Waals surface area contributed by atoms with Crippen LogP contribution < -0.4 is 15.4 Å². The Kier molecular flexibility index (Phi) is 11.5. The number of halogens is 1. The minimum Gasteiger partial charge on any atom is -0.496 e. The molecule has 0 spiro atoms. The number of benzene rings is 2. The third kappa shape index (κ3) is 8.19. The second kappa shape index (κ2) is 14.0. The van der Waals surface area contributed by atoms with Crippen LogP contribution in [0, 0.1) is 0 Å². The lowest BCUT2D eigenvalue weighted by molar-refractivity contribution is 0.0597. The van der Waals surface area contributed by atoms with Crippen LogP contribution >= 0.6 is 24.0 Å². The Hall–Kier alpha value is -2.33. The van der Waals surface area contributed by atoms with Crippen LogP contribution in [0.4, 0.5) is 0 Å². The quantitative estimate of drug-likeness (QED) is 0.218. The van der Waals surface area contributed by atoms with Crippen LogP contribution in [0.25, 0.3) is 0 Å². The Labute approximate surface area is 214 Å². The SMILES string of the molecule is CN=C(NCc1ccc(CN2CCCCC2)cc1)NCc1ccc(OC)c(C(=O)OC)c1.I. The summed E-state index contributed by atoms with van der Waals surface area (Å²) in [5.41, 5.74) is 3.89. The molecule has 2 N–H and O–H groups in total. The number of guanidine groups is 1. The molecule has 0 radical (unpaired) electrons. The first kappa shape index (κ1) is 26.9. The smallest absolute Gasteiger partial charge is 0.341 e. The lowest BCUT2D eigenvalue weighted by atomic mass is 10.1. The highest BCUT2D eigenvalue weighted by atomic mass is 127. The van der Waals surface area contributed by atoms with Crippen molar-refractivity contribution in [2.75, 3.05) is 34.4 Å². The van der Waals surface area contributed by atoms with E-state index in [1.807, 2.05) is 6.07 Å². The molecule has 0 aliphatic carbocycles. The molecular weight excluding hydrogens is 531 g/mol. The van der Waals surface area contributed by atoms with Crippen LogP contribution in [-0.4, -0.2) is 51.2 Å². The summed E-state index contributed by atoms with van der Waals surface area (Å²) in [6, 6.07) is 14.2. The van der Waals surface area contributed by atoms with Gasteiger partial charge in [-0.1, -0.05) is 36.8 Å². The number of likely N-dealkylation sites (tertiary alicyclic amines) is 1. The highest BCUT2D eigenvalue weighted by Gasteiger charge is 2.14. The van der Waals surface area contributed by atoms with Gasteiger partial charge in [-0.15, -0.1) is 24.0 Å². The minimum atomic E-state index is -0.421.